The second kappa shape index (κ2) is 5.69. The molecule has 1 nitrogen and oxygen atoms in total. The van der Waals surface area contributed by atoms with Gasteiger partial charge in [0, 0.05) is 15.8 Å². The molecule has 0 radical (unpaired) electrons. The molecule has 0 aliphatic carbocycles. The van der Waals surface area contributed by atoms with Gasteiger partial charge in [-0.1, -0.05) is 12.1 Å². The number of benzene rings is 2. The van der Waals surface area contributed by atoms with E-state index in [0.717, 1.165) is 16.8 Å². The van der Waals surface area contributed by atoms with Gasteiger partial charge in [-0.05, 0) is 77.4 Å². The van der Waals surface area contributed by atoms with E-state index in [-0.39, 0.29) is 5.82 Å². The Bertz CT molecular complexity index is 566. The Morgan fingerprint density at radius 3 is 2.50 bits per heavy atom. The van der Waals surface area contributed by atoms with Gasteiger partial charge in [0.25, 0.3) is 0 Å². The van der Waals surface area contributed by atoms with Crippen LogP contribution in [0.1, 0.15) is 16.7 Å². The van der Waals surface area contributed by atoms with E-state index < -0.39 is 0 Å². The summed E-state index contributed by atoms with van der Waals surface area (Å²) >= 11 is 2.32. The van der Waals surface area contributed by atoms with Crippen molar-refractivity contribution < 1.29 is 4.39 Å². The maximum atomic E-state index is 13.2. The first kappa shape index (κ1) is 13.3. The number of rotatable bonds is 3. The van der Waals surface area contributed by atoms with Crippen molar-refractivity contribution in [3.05, 3.63) is 62.5 Å². The second-order valence-electron chi connectivity index (χ2n) is 4.39. The third-order valence-electron chi connectivity index (χ3n) is 2.97. The lowest BCUT2D eigenvalue weighted by Crippen LogP contribution is -2.02. The maximum Gasteiger partial charge on any atom is 0.123 e. The summed E-state index contributed by atoms with van der Waals surface area (Å²) in [5.41, 5.74) is 4.42. The summed E-state index contributed by atoms with van der Waals surface area (Å²) < 4.78 is 14.4. The van der Waals surface area contributed by atoms with Crippen molar-refractivity contribution >= 4 is 28.3 Å². The molecule has 0 fully saturated rings. The highest BCUT2D eigenvalue weighted by molar-refractivity contribution is 14.1. The molecule has 0 aliphatic rings. The zero-order valence-corrected chi connectivity index (χ0v) is 12.6. The molecule has 2 aromatic carbocycles. The minimum atomic E-state index is -0.184. The molecule has 0 bridgehead atoms. The summed E-state index contributed by atoms with van der Waals surface area (Å²) in [5.74, 6) is -0.184. The zero-order valence-electron chi connectivity index (χ0n) is 10.4. The SMILES string of the molecule is Cc1ccc(NCc2cc(F)ccc2C)cc1I. The number of hydrogen-bond acceptors (Lipinski definition) is 1. The molecule has 2 rings (SSSR count). The molecular formula is C15H15FIN. The molecule has 94 valence electrons. The van der Waals surface area contributed by atoms with Gasteiger partial charge < -0.3 is 5.32 Å². The Balaban J connectivity index is 2.11. The molecule has 2 aromatic rings. The van der Waals surface area contributed by atoms with E-state index in [9.17, 15) is 4.39 Å². The van der Waals surface area contributed by atoms with Crippen LogP contribution in [0.15, 0.2) is 36.4 Å². The Kier molecular flexibility index (Phi) is 4.22. The second-order valence-corrected chi connectivity index (χ2v) is 5.55. The smallest absolute Gasteiger partial charge is 0.123 e. The molecule has 3 heteroatoms. The van der Waals surface area contributed by atoms with Crippen LogP contribution >= 0.6 is 22.6 Å². The van der Waals surface area contributed by atoms with Gasteiger partial charge in [0.15, 0.2) is 0 Å². The minimum Gasteiger partial charge on any atom is -0.381 e. The molecular weight excluding hydrogens is 340 g/mol. The Morgan fingerprint density at radius 1 is 1.06 bits per heavy atom. The van der Waals surface area contributed by atoms with E-state index in [2.05, 4.69) is 47.0 Å². The summed E-state index contributed by atoms with van der Waals surface area (Å²) in [6.45, 7) is 4.72. The van der Waals surface area contributed by atoms with Crippen molar-refractivity contribution in [2.75, 3.05) is 5.32 Å². The number of hydrogen-bond donors (Lipinski definition) is 1. The van der Waals surface area contributed by atoms with E-state index in [1.807, 2.05) is 19.1 Å². The lowest BCUT2D eigenvalue weighted by Gasteiger charge is -2.10. The van der Waals surface area contributed by atoms with Crippen molar-refractivity contribution in [2.45, 2.75) is 20.4 Å². The molecule has 0 amide bonds. The highest BCUT2D eigenvalue weighted by Gasteiger charge is 2.01. The summed E-state index contributed by atoms with van der Waals surface area (Å²) in [6, 6.07) is 11.1. The van der Waals surface area contributed by atoms with Crippen LogP contribution in [0.5, 0.6) is 0 Å². The molecule has 0 unspecified atom stereocenters. The Hall–Kier alpha value is -1.10. The van der Waals surface area contributed by atoms with Gasteiger partial charge in [-0.25, -0.2) is 4.39 Å². The van der Waals surface area contributed by atoms with Gasteiger partial charge in [-0.2, -0.15) is 0 Å². The molecule has 0 saturated carbocycles. The van der Waals surface area contributed by atoms with E-state index in [1.54, 1.807) is 6.07 Å². The van der Waals surface area contributed by atoms with Gasteiger partial charge in [0.1, 0.15) is 5.82 Å². The predicted octanol–water partition coefficient (Wildman–Crippen LogP) is 4.66. The van der Waals surface area contributed by atoms with Crippen molar-refractivity contribution in [1.82, 2.24) is 0 Å². The van der Waals surface area contributed by atoms with Crippen LogP contribution in [0.3, 0.4) is 0 Å². The summed E-state index contributed by atoms with van der Waals surface area (Å²) in [5, 5.41) is 3.33. The van der Waals surface area contributed by atoms with Crippen LogP contribution in [0.25, 0.3) is 0 Å². The molecule has 18 heavy (non-hydrogen) atoms. The number of nitrogens with one attached hydrogen (secondary N) is 1. The third-order valence-corrected chi connectivity index (χ3v) is 4.13. The fourth-order valence-corrected chi connectivity index (χ4v) is 2.25. The normalized spacial score (nSPS) is 10.4. The first-order chi connectivity index (χ1) is 8.56. The standard InChI is InChI=1S/C15H15FIN/c1-10-3-5-13(16)7-12(10)9-18-14-6-4-11(2)15(17)8-14/h3-8,18H,9H2,1-2H3. The van der Waals surface area contributed by atoms with E-state index in [0.29, 0.717) is 6.54 Å². The Labute approximate surface area is 121 Å². The molecule has 0 aliphatic heterocycles. The van der Waals surface area contributed by atoms with Crippen LogP contribution in [0.4, 0.5) is 10.1 Å². The highest BCUT2D eigenvalue weighted by Crippen LogP contribution is 2.18. The lowest BCUT2D eigenvalue weighted by atomic mass is 10.1. The summed E-state index contributed by atoms with van der Waals surface area (Å²) in [4.78, 5) is 0. The van der Waals surface area contributed by atoms with E-state index >= 15 is 0 Å². The van der Waals surface area contributed by atoms with Gasteiger partial charge in [-0.3, -0.25) is 0 Å². The number of anilines is 1. The van der Waals surface area contributed by atoms with Crippen LogP contribution in [-0.2, 0) is 6.54 Å². The Morgan fingerprint density at radius 2 is 1.78 bits per heavy atom. The monoisotopic (exact) mass is 355 g/mol. The van der Waals surface area contributed by atoms with Crippen LogP contribution < -0.4 is 5.32 Å². The maximum absolute atomic E-state index is 13.2. The van der Waals surface area contributed by atoms with E-state index in [1.165, 1.54) is 15.2 Å². The van der Waals surface area contributed by atoms with Crippen LogP contribution in [0, 0.1) is 23.2 Å². The van der Waals surface area contributed by atoms with Gasteiger partial charge >= 0.3 is 0 Å². The molecule has 0 saturated heterocycles. The fourth-order valence-electron chi connectivity index (χ4n) is 1.73. The van der Waals surface area contributed by atoms with Crippen LogP contribution in [0.2, 0.25) is 0 Å². The average Bonchev–Trinajstić information content (AvgIpc) is 2.34. The van der Waals surface area contributed by atoms with E-state index in [4.69, 9.17) is 0 Å². The lowest BCUT2D eigenvalue weighted by molar-refractivity contribution is 0.625. The van der Waals surface area contributed by atoms with Crippen LogP contribution in [-0.4, -0.2) is 0 Å². The average molecular weight is 355 g/mol. The molecule has 0 heterocycles. The fraction of sp³-hybridized carbons (Fsp3) is 0.200. The van der Waals surface area contributed by atoms with Crippen molar-refractivity contribution in [3.8, 4) is 0 Å². The predicted molar refractivity (Wildman–Crippen MR) is 82.4 cm³/mol. The first-order valence-electron chi connectivity index (χ1n) is 5.81. The third kappa shape index (κ3) is 3.22. The van der Waals surface area contributed by atoms with Crippen molar-refractivity contribution in [3.63, 3.8) is 0 Å². The quantitative estimate of drug-likeness (QED) is 0.790. The number of halogens is 2. The van der Waals surface area contributed by atoms with Crippen molar-refractivity contribution in [1.29, 1.82) is 0 Å². The van der Waals surface area contributed by atoms with Gasteiger partial charge in [0.2, 0.25) is 0 Å². The molecule has 0 atom stereocenters. The molecule has 0 aromatic heterocycles. The topological polar surface area (TPSA) is 12.0 Å². The highest BCUT2D eigenvalue weighted by atomic mass is 127. The van der Waals surface area contributed by atoms with Gasteiger partial charge in [-0.15, -0.1) is 0 Å². The number of aryl methyl sites for hydroxylation is 2. The largest absolute Gasteiger partial charge is 0.381 e. The zero-order chi connectivity index (χ0) is 13.1. The summed E-state index contributed by atoms with van der Waals surface area (Å²) in [6.07, 6.45) is 0. The first-order valence-corrected chi connectivity index (χ1v) is 6.89. The molecule has 1 N–H and O–H groups in total. The van der Waals surface area contributed by atoms with Gasteiger partial charge in [0.05, 0.1) is 0 Å². The molecule has 0 spiro atoms. The minimum absolute atomic E-state index is 0.184. The van der Waals surface area contributed by atoms with Crippen molar-refractivity contribution in [2.24, 2.45) is 0 Å². The summed E-state index contributed by atoms with van der Waals surface area (Å²) in [7, 11) is 0.